The second-order valence-corrected chi connectivity index (χ2v) is 8.06. The quantitative estimate of drug-likeness (QED) is 0.680. The van der Waals surface area contributed by atoms with Gasteiger partial charge in [0.05, 0.1) is 18.1 Å². The molecule has 0 spiro atoms. The molecule has 3 rings (SSSR count). The van der Waals surface area contributed by atoms with Crippen LogP contribution in [0.15, 0.2) is 18.2 Å². The first kappa shape index (κ1) is 17.3. The number of carbonyl (C=O) groups excluding carboxylic acids is 2. The molecule has 9 nitrogen and oxygen atoms in total. The van der Waals surface area contributed by atoms with Gasteiger partial charge in [0, 0.05) is 17.8 Å². The molecule has 0 aliphatic carbocycles. The van der Waals surface area contributed by atoms with Gasteiger partial charge in [0.1, 0.15) is 13.2 Å². The van der Waals surface area contributed by atoms with Gasteiger partial charge in [-0.2, -0.15) is 0 Å². The summed E-state index contributed by atoms with van der Waals surface area (Å²) >= 11 is 0. The van der Waals surface area contributed by atoms with E-state index in [1.165, 1.54) is 0 Å². The van der Waals surface area contributed by atoms with Gasteiger partial charge in [-0.05, 0) is 18.6 Å². The van der Waals surface area contributed by atoms with Crippen LogP contribution in [0.1, 0.15) is 6.42 Å². The second kappa shape index (κ2) is 7.18. The first-order valence-electron chi connectivity index (χ1n) is 7.85. The van der Waals surface area contributed by atoms with Crippen LogP contribution in [0.4, 0.5) is 10.5 Å². The van der Waals surface area contributed by atoms with Crippen molar-refractivity contribution in [2.24, 2.45) is 0 Å². The number of hydrogen-bond donors (Lipinski definition) is 3. The van der Waals surface area contributed by atoms with Crippen LogP contribution in [0.3, 0.4) is 0 Å². The van der Waals surface area contributed by atoms with Crippen molar-refractivity contribution in [3.05, 3.63) is 18.2 Å². The highest BCUT2D eigenvalue weighted by molar-refractivity contribution is 7.91. The number of hydrogen-bond acceptors (Lipinski definition) is 6. The van der Waals surface area contributed by atoms with E-state index in [1.54, 1.807) is 18.2 Å². The van der Waals surface area contributed by atoms with Gasteiger partial charge in [-0.1, -0.05) is 0 Å². The Morgan fingerprint density at radius 3 is 2.64 bits per heavy atom. The number of benzene rings is 1. The van der Waals surface area contributed by atoms with Crippen molar-refractivity contribution in [2.75, 3.05) is 36.6 Å². The Balaban J connectivity index is 1.44. The minimum absolute atomic E-state index is 0.0657. The smallest absolute Gasteiger partial charge is 0.315 e. The zero-order valence-electron chi connectivity index (χ0n) is 13.4. The SMILES string of the molecule is O=C(CNC(=O)N[C@@H]1CCS(=O)(=O)C1)Nc1ccc2c(c1)OCCO2. The van der Waals surface area contributed by atoms with Crippen molar-refractivity contribution in [3.63, 3.8) is 0 Å². The Labute approximate surface area is 145 Å². The van der Waals surface area contributed by atoms with Gasteiger partial charge >= 0.3 is 6.03 Å². The predicted octanol–water partition coefficient (Wildman–Crippen LogP) is -0.117. The van der Waals surface area contributed by atoms with E-state index in [1.807, 2.05) is 0 Å². The highest BCUT2D eigenvalue weighted by Crippen LogP contribution is 2.32. The van der Waals surface area contributed by atoms with Crippen molar-refractivity contribution in [2.45, 2.75) is 12.5 Å². The molecule has 1 fully saturated rings. The predicted molar refractivity (Wildman–Crippen MR) is 89.7 cm³/mol. The average Bonchev–Trinajstić information content (AvgIpc) is 2.91. The number of amides is 3. The van der Waals surface area contributed by atoms with Crippen LogP contribution >= 0.6 is 0 Å². The van der Waals surface area contributed by atoms with Crippen molar-refractivity contribution >= 4 is 27.5 Å². The van der Waals surface area contributed by atoms with Gasteiger partial charge in [0.25, 0.3) is 0 Å². The Kier molecular flexibility index (Phi) is 4.98. The number of ether oxygens (including phenoxy) is 2. The molecule has 2 heterocycles. The first-order chi connectivity index (χ1) is 11.9. The van der Waals surface area contributed by atoms with Crippen molar-refractivity contribution < 1.29 is 27.5 Å². The molecule has 1 aromatic rings. The van der Waals surface area contributed by atoms with Crippen LogP contribution in [0.2, 0.25) is 0 Å². The fraction of sp³-hybridized carbons (Fsp3) is 0.467. The van der Waals surface area contributed by atoms with Crippen molar-refractivity contribution in [1.82, 2.24) is 10.6 Å². The lowest BCUT2D eigenvalue weighted by Crippen LogP contribution is -2.45. The molecule has 1 atom stereocenters. The maximum absolute atomic E-state index is 11.9. The molecular formula is C15H19N3O6S. The molecule has 25 heavy (non-hydrogen) atoms. The molecule has 2 aliphatic heterocycles. The Bertz CT molecular complexity index is 779. The molecule has 0 unspecified atom stereocenters. The van der Waals surface area contributed by atoms with Crippen LogP contribution in [0.5, 0.6) is 11.5 Å². The molecular weight excluding hydrogens is 350 g/mol. The maximum atomic E-state index is 11.9. The lowest BCUT2D eigenvalue weighted by molar-refractivity contribution is -0.115. The number of anilines is 1. The van der Waals surface area contributed by atoms with Gasteiger partial charge in [-0.3, -0.25) is 4.79 Å². The monoisotopic (exact) mass is 369 g/mol. The summed E-state index contributed by atoms with van der Waals surface area (Å²) in [4.78, 5) is 23.6. The molecule has 136 valence electrons. The second-order valence-electron chi connectivity index (χ2n) is 5.83. The molecule has 1 aromatic carbocycles. The number of urea groups is 1. The zero-order valence-corrected chi connectivity index (χ0v) is 14.2. The number of fused-ring (bicyclic) bond motifs is 1. The molecule has 3 N–H and O–H groups in total. The Morgan fingerprint density at radius 2 is 1.92 bits per heavy atom. The number of sulfone groups is 1. The molecule has 0 saturated carbocycles. The first-order valence-corrected chi connectivity index (χ1v) is 9.68. The Hall–Kier alpha value is -2.49. The van der Waals surface area contributed by atoms with E-state index in [-0.39, 0.29) is 18.1 Å². The summed E-state index contributed by atoms with van der Waals surface area (Å²) in [5.74, 6) is 0.767. The summed E-state index contributed by atoms with van der Waals surface area (Å²) in [6, 6.07) is 4.04. The van der Waals surface area contributed by atoms with Crippen molar-refractivity contribution in [1.29, 1.82) is 0 Å². The fourth-order valence-electron chi connectivity index (χ4n) is 2.63. The average molecular weight is 369 g/mol. The standard InChI is InChI=1S/C15H19N3O6S/c19-14(8-16-15(20)18-11-3-6-25(21,22)9-11)17-10-1-2-12-13(7-10)24-5-4-23-12/h1-2,7,11H,3-6,8-9H2,(H,17,19)(H2,16,18,20)/t11-/m1/s1. The van der Waals surface area contributed by atoms with E-state index in [2.05, 4.69) is 16.0 Å². The maximum Gasteiger partial charge on any atom is 0.315 e. The van der Waals surface area contributed by atoms with Crippen molar-refractivity contribution in [3.8, 4) is 11.5 Å². The number of rotatable bonds is 4. The topological polar surface area (TPSA) is 123 Å². The third-order valence-corrected chi connectivity index (χ3v) is 5.57. The fourth-order valence-corrected chi connectivity index (χ4v) is 4.31. The molecule has 0 bridgehead atoms. The molecule has 0 aromatic heterocycles. The van der Waals surface area contributed by atoms with E-state index < -0.39 is 27.8 Å². The number of nitrogens with one attached hydrogen (secondary N) is 3. The lowest BCUT2D eigenvalue weighted by atomic mass is 10.2. The molecule has 2 aliphatic rings. The van der Waals surface area contributed by atoms with Crippen LogP contribution < -0.4 is 25.4 Å². The van der Waals surface area contributed by atoms with E-state index >= 15 is 0 Å². The van der Waals surface area contributed by atoms with Gasteiger partial charge in [-0.15, -0.1) is 0 Å². The summed E-state index contributed by atoms with van der Waals surface area (Å²) < 4.78 is 33.5. The summed E-state index contributed by atoms with van der Waals surface area (Å²) in [6.07, 6.45) is 0.388. The summed E-state index contributed by atoms with van der Waals surface area (Å²) in [6.45, 7) is 0.697. The molecule has 0 radical (unpaired) electrons. The largest absolute Gasteiger partial charge is 0.486 e. The minimum Gasteiger partial charge on any atom is -0.486 e. The normalized spacial score (nSPS) is 20.6. The van der Waals surface area contributed by atoms with E-state index in [9.17, 15) is 18.0 Å². The van der Waals surface area contributed by atoms with E-state index in [0.717, 1.165) is 0 Å². The van der Waals surface area contributed by atoms with E-state index in [0.29, 0.717) is 36.8 Å². The molecule has 1 saturated heterocycles. The van der Waals surface area contributed by atoms with E-state index in [4.69, 9.17) is 9.47 Å². The van der Waals surface area contributed by atoms with Gasteiger partial charge in [0.2, 0.25) is 5.91 Å². The van der Waals surface area contributed by atoms with Crippen LogP contribution in [-0.4, -0.2) is 57.7 Å². The minimum atomic E-state index is -3.06. The van der Waals surface area contributed by atoms with Gasteiger partial charge in [-0.25, -0.2) is 13.2 Å². The zero-order chi connectivity index (χ0) is 17.9. The summed E-state index contributed by atoms with van der Waals surface area (Å²) in [5, 5.41) is 7.60. The molecule has 10 heteroatoms. The van der Waals surface area contributed by atoms with Gasteiger partial charge < -0.3 is 25.4 Å². The van der Waals surface area contributed by atoms with Gasteiger partial charge in [0.15, 0.2) is 21.3 Å². The van der Waals surface area contributed by atoms with Crippen LogP contribution in [0, 0.1) is 0 Å². The lowest BCUT2D eigenvalue weighted by Gasteiger charge is -2.19. The number of carbonyl (C=O) groups is 2. The highest BCUT2D eigenvalue weighted by atomic mass is 32.2. The van der Waals surface area contributed by atoms with Crippen LogP contribution in [-0.2, 0) is 14.6 Å². The third-order valence-electron chi connectivity index (χ3n) is 3.80. The highest BCUT2D eigenvalue weighted by Gasteiger charge is 2.28. The molecule has 3 amide bonds. The Morgan fingerprint density at radius 1 is 1.16 bits per heavy atom. The summed E-state index contributed by atoms with van der Waals surface area (Å²) in [5.41, 5.74) is 0.526. The third kappa shape index (κ3) is 4.75. The van der Waals surface area contributed by atoms with Crippen LogP contribution in [0.25, 0.3) is 0 Å². The summed E-state index contributed by atoms with van der Waals surface area (Å²) in [7, 11) is -3.06.